The highest BCUT2D eigenvalue weighted by Gasteiger charge is 2.32. The van der Waals surface area contributed by atoms with Crippen molar-refractivity contribution in [2.24, 2.45) is 0 Å². The average molecular weight is 403 g/mol. The van der Waals surface area contributed by atoms with E-state index in [1.165, 1.54) is 17.7 Å². The molecule has 0 bridgehead atoms. The standard InChI is InChI=1S/C22H17N3O3S/c1-2-13-11-16-21(29-13)23-12-25(22(16)27)24-20(26)19-14-7-3-5-9-17(14)28-18-10-6-4-8-15(18)19/h3-12,19H,2H2,1H3,(H,24,26). The zero-order chi connectivity index (χ0) is 20.0. The van der Waals surface area contributed by atoms with Crippen LogP contribution in [0.25, 0.3) is 10.2 Å². The number of amides is 1. The normalized spacial score (nSPS) is 12.9. The minimum Gasteiger partial charge on any atom is -0.457 e. The van der Waals surface area contributed by atoms with E-state index < -0.39 is 5.92 Å². The molecule has 0 radical (unpaired) electrons. The van der Waals surface area contributed by atoms with Gasteiger partial charge in [-0.25, -0.2) is 9.66 Å². The Morgan fingerprint density at radius 3 is 2.45 bits per heavy atom. The van der Waals surface area contributed by atoms with Crippen molar-refractivity contribution < 1.29 is 9.53 Å². The van der Waals surface area contributed by atoms with E-state index in [1.54, 1.807) is 0 Å². The molecule has 2 aromatic heterocycles. The third-order valence-electron chi connectivity index (χ3n) is 5.02. The van der Waals surface area contributed by atoms with Crippen molar-refractivity contribution in [3.8, 4) is 11.5 Å². The van der Waals surface area contributed by atoms with Crippen molar-refractivity contribution in [2.75, 3.05) is 5.43 Å². The summed E-state index contributed by atoms with van der Waals surface area (Å²) in [5, 5.41) is 0.516. The van der Waals surface area contributed by atoms with Gasteiger partial charge in [-0.1, -0.05) is 43.3 Å². The van der Waals surface area contributed by atoms with Gasteiger partial charge in [0.1, 0.15) is 22.7 Å². The predicted octanol–water partition coefficient (Wildman–Crippen LogP) is 4.03. The molecular weight excluding hydrogens is 386 g/mol. The van der Waals surface area contributed by atoms with Crippen LogP contribution < -0.4 is 15.7 Å². The molecule has 0 aliphatic carbocycles. The van der Waals surface area contributed by atoms with Crippen LogP contribution in [0.15, 0.2) is 65.7 Å². The Kier molecular flexibility index (Phi) is 4.17. The highest BCUT2D eigenvalue weighted by molar-refractivity contribution is 7.18. The Hall–Kier alpha value is -3.45. The van der Waals surface area contributed by atoms with E-state index in [0.717, 1.165) is 27.1 Å². The lowest BCUT2D eigenvalue weighted by Crippen LogP contribution is -2.36. The number of nitrogens with one attached hydrogen (secondary N) is 1. The fourth-order valence-electron chi connectivity index (χ4n) is 3.60. The number of ether oxygens (including phenoxy) is 1. The molecular formula is C22H17N3O3S. The SMILES string of the molecule is CCc1cc2c(=O)n(NC(=O)C3c4ccccc4Oc4ccccc43)cnc2s1. The van der Waals surface area contributed by atoms with Crippen LogP contribution in [0.4, 0.5) is 0 Å². The molecule has 7 heteroatoms. The molecule has 144 valence electrons. The van der Waals surface area contributed by atoms with Crippen LogP contribution in [0, 0.1) is 0 Å². The summed E-state index contributed by atoms with van der Waals surface area (Å²) in [6, 6.07) is 16.7. The number of aryl methyl sites for hydroxylation is 1. The number of benzene rings is 2. The highest BCUT2D eigenvalue weighted by atomic mass is 32.1. The maximum Gasteiger partial charge on any atom is 0.280 e. The van der Waals surface area contributed by atoms with E-state index in [9.17, 15) is 9.59 Å². The van der Waals surface area contributed by atoms with Crippen LogP contribution in [0.3, 0.4) is 0 Å². The molecule has 1 aliphatic heterocycles. The average Bonchev–Trinajstić information content (AvgIpc) is 3.18. The summed E-state index contributed by atoms with van der Waals surface area (Å²) < 4.78 is 7.11. The monoisotopic (exact) mass is 403 g/mol. The van der Waals surface area contributed by atoms with Crippen molar-refractivity contribution in [1.82, 2.24) is 9.66 Å². The van der Waals surface area contributed by atoms with Crippen molar-refractivity contribution in [2.45, 2.75) is 19.3 Å². The minimum atomic E-state index is -0.590. The molecule has 0 fully saturated rings. The van der Waals surface area contributed by atoms with E-state index >= 15 is 0 Å². The van der Waals surface area contributed by atoms with Crippen LogP contribution in [0.5, 0.6) is 11.5 Å². The Bertz CT molecular complexity index is 1260. The van der Waals surface area contributed by atoms with Crippen LogP contribution in [0.1, 0.15) is 28.8 Å². The molecule has 0 saturated carbocycles. The molecule has 0 spiro atoms. The maximum atomic E-state index is 13.3. The molecule has 3 heterocycles. The summed E-state index contributed by atoms with van der Waals surface area (Å²) >= 11 is 1.49. The van der Waals surface area contributed by atoms with Crippen LogP contribution in [-0.4, -0.2) is 15.6 Å². The van der Waals surface area contributed by atoms with E-state index in [0.29, 0.717) is 21.7 Å². The van der Waals surface area contributed by atoms with E-state index in [2.05, 4.69) is 10.4 Å². The summed E-state index contributed by atoms with van der Waals surface area (Å²) in [6.07, 6.45) is 2.21. The summed E-state index contributed by atoms with van der Waals surface area (Å²) in [5.41, 5.74) is 3.97. The first-order chi connectivity index (χ1) is 14.2. The van der Waals surface area contributed by atoms with Gasteiger partial charge in [0.05, 0.1) is 11.3 Å². The number of rotatable bonds is 3. The molecule has 4 aromatic rings. The summed E-state index contributed by atoms with van der Waals surface area (Å²) in [6.45, 7) is 2.03. The van der Waals surface area contributed by atoms with Gasteiger partial charge in [0.2, 0.25) is 0 Å². The topological polar surface area (TPSA) is 73.2 Å². The van der Waals surface area contributed by atoms with Crippen LogP contribution in [0.2, 0.25) is 0 Å². The molecule has 29 heavy (non-hydrogen) atoms. The summed E-state index contributed by atoms with van der Waals surface area (Å²) in [7, 11) is 0. The molecule has 1 aliphatic rings. The fourth-order valence-corrected chi connectivity index (χ4v) is 4.53. The number of hydrogen-bond donors (Lipinski definition) is 1. The summed E-state index contributed by atoms with van der Waals surface area (Å²) in [5.74, 6) is 0.366. The number of para-hydroxylation sites is 2. The first-order valence-corrected chi connectivity index (χ1v) is 10.1. The maximum absolute atomic E-state index is 13.3. The molecule has 1 N–H and O–H groups in total. The van der Waals surface area contributed by atoms with Crippen molar-refractivity contribution in [3.63, 3.8) is 0 Å². The lowest BCUT2D eigenvalue weighted by Gasteiger charge is -2.27. The quantitative estimate of drug-likeness (QED) is 0.561. The first-order valence-electron chi connectivity index (χ1n) is 9.32. The number of hydrogen-bond acceptors (Lipinski definition) is 5. The van der Waals surface area contributed by atoms with E-state index in [4.69, 9.17) is 4.74 Å². The van der Waals surface area contributed by atoms with Gasteiger partial charge >= 0.3 is 0 Å². The lowest BCUT2D eigenvalue weighted by atomic mass is 9.87. The Morgan fingerprint density at radius 1 is 1.14 bits per heavy atom. The third kappa shape index (κ3) is 2.91. The number of carbonyl (C=O) groups excluding carboxylic acids is 1. The molecule has 5 rings (SSSR count). The van der Waals surface area contributed by atoms with Crippen molar-refractivity contribution >= 4 is 27.5 Å². The first kappa shape index (κ1) is 17.6. The fraction of sp³-hybridized carbons (Fsp3) is 0.136. The van der Waals surface area contributed by atoms with Gasteiger partial charge in [-0.3, -0.25) is 15.0 Å². The van der Waals surface area contributed by atoms with Gasteiger partial charge in [-0.05, 0) is 24.6 Å². The molecule has 0 atom stereocenters. The smallest absolute Gasteiger partial charge is 0.280 e. The Morgan fingerprint density at radius 2 is 1.79 bits per heavy atom. The van der Waals surface area contributed by atoms with Gasteiger partial charge in [-0.2, -0.15) is 0 Å². The second kappa shape index (κ2) is 6.86. The van der Waals surface area contributed by atoms with Gasteiger partial charge in [0, 0.05) is 16.0 Å². The van der Waals surface area contributed by atoms with Gasteiger partial charge in [0.15, 0.2) is 0 Å². The summed E-state index contributed by atoms with van der Waals surface area (Å²) in [4.78, 5) is 32.3. The molecule has 6 nitrogen and oxygen atoms in total. The van der Waals surface area contributed by atoms with Crippen molar-refractivity contribution in [1.29, 1.82) is 0 Å². The number of carbonyl (C=O) groups is 1. The molecule has 0 unspecified atom stereocenters. The zero-order valence-corrected chi connectivity index (χ0v) is 16.4. The zero-order valence-electron chi connectivity index (χ0n) is 15.6. The van der Waals surface area contributed by atoms with E-state index in [1.807, 2.05) is 61.5 Å². The molecule has 0 saturated heterocycles. The predicted molar refractivity (Wildman–Crippen MR) is 112 cm³/mol. The Labute approximate surface area is 170 Å². The number of fused-ring (bicyclic) bond motifs is 3. The van der Waals surface area contributed by atoms with E-state index in [-0.39, 0.29) is 11.5 Å². The van der Waals surface area contributed by atoms with Crippen LogP contribution in [-0.2, 0) is 11.2 Å². The number of nitrogens with zero attached hydrogens (tertiary/aromatic N) is 2. The molecule has 2 aromatic carbocycles. The lowest BCUT2D eigenvalue weighted by molar-refractivity contribution is -0.117. The second-order valence-electron chi connectivity index (χ2n) is 6.79. The second-order valence-corrected chi connectivity index (χ2v) is 7.91. The number of thiophene rings is 1. The van der Waals surface area contributed by atoms with Gasteiger partial charge < -0.3 is 4.74 Å². The third-order valence-corrected chi connectivity index (χ3v) is 6.21. The highest BCUT2D eigenvalue weighted by Crippen LogP contribution is 2.43. The number of aromatic nitrogens is 2. The van der Waals surface area contributed by atoms with Crippen LogP contribution >= 0.6 is 11.3 Å². The van der Waals surface area contributed by atoms with Crippen molar-refractivity contribution in [3.05, 3.63) is 87.3 Å². The Balaban J connectivity index is 1.56. The molecule has 1 amide bonds. The largest absolute Gasteiger partial charge is 0.457 e. The van der Waals surface area contributed by atoms with Gasteiger partial charge in [-0.15, -0.1) is 11.3 Å². The van der Waals surface area contributed by atoms with Gasteiger partial charge in [0.25, 0.3) is 11.5 Å². The minimum absolute atomic E-state index is 0.284.